The van der Waals surface area contributed by atoms with Gasteiger partial charge in [-0.2, -0.15) is 0 Å². The van der Waals surface area contributed by atoms with Crippen molar-refractivity contribution < 1.29 is 72.8 Å². The monoisotopic (exact) mass is 1170 g/mol. The number of esters is 1. The Hall–Kier alpha value is -8.24. The Kier molecular flexibility index (Phi) is 28.0. The van der Waals surface area contributed by atoms with E-state index >= 15 is 4.79 Å². The van der Waals surface area contributed by atoms with Crippen molar-refractivity contribution in [1.82, 2.24) is 47.9 Å². The van der Waals surface area contributed by atoms with Gasteiger partial charge in [-0.25, -0.2) is 0 Å². The van der Waals surface area contributed by atoms with Gasteiger partial charge in [0.25, 0.3) is 0 Å². The molecule has 83 heavy (non-hydrogen) atoms. The molecule has 1 fully saturated rings. The summed E-state index contributed by atoms with van der Waals surface area (Å²) in [7, 11) is 0. The molecular weight excluding hydrogens is 1080 g/mol. The number of hydrogen-bond acceptors (Lipinski definition) is 16. The smallest absolute Gasteiger partial charge is 0.307 e. The van der Waals surface area contributed by atoms with Crippen molar-refractivity contribution in [3.63, 3.8) is 0 Å². The summed E-state index contributed by atoms with van der Waals surface area (Å²) in [5, 5.41) is 55.2. The molecule has 1 aliphatic rings. The van der Waals surface area contributed by atoms with Gasteiger partial charge in [-0.15, -0.1) is 0 Å². The maximum Gasteiger partial charge on any atom is 0.307 e. The standard InChI is InChI=1S/C55H83N13O15/c1-9-29(6)39-52(80)66-40(31(8)69)51(79)60-25-37(70)64-43(45(73)46(56)74)53(81)61-30(7)47(75)67-41(33-19-14-11-15-20-33)34(24-38(71)83-26-32-17-12-10-13-18-32)48(76)68-42(44(72)28(4)5)54(82)63-36(23-27(2)3)50(78)62-35(49(77)65-39)21-16-22-59-55(57)58/h10-15,17-20,27-31,34-36,39-45,69,72-73H,9,16,21-26H2,1-8H3,(H2,56,74)(H,60,79)(H,61,81)(H,62,78)(H,63,82)(H,64,70)(H,65,77)(H,66,80)(H,67,75)(H,68,76)(H4,57,58,59)/t29-,30-,31-,34-,35+,36-,39-,40-,41+,42-,43?,44+,45-/m0/s1. The second-order valence-electron chi connectivity index (χ2n) is 21.2. The molecule has 0 radical (unpaired) electrons. The van der Waals surface area contributed by atoms with E-state index in [1.807, 2.05) is 0 Å². The summed E-state index contributed by atoms with van der Waals surface area (Å²) in [4.78, 5) is 158. The van der Waals surface area contributed by atoms with E-state index in [0.29, 0.717) is 5.56 Å². The highest BCUT2D eigenvalue weighted by molar-refractivity contribution is 5.99. The van der Waals surface area contributed by atoms with Crippen molar-refractivity contribution >= 4 is 71.0 Å². The minimum atomic E-state index is -2.44. The zero-order chi connectivity index (χ0) is 62.2. The van der Waals surface area contributed by atoms with Gasteiger partial charge < -0.3 is 85.1 Å². The first-order valence-electron chi connectivity index (χ1n) is 27.4. The summed E-state index contributed by atoms with van der Waals surface area (Å²) in [6.07, 6.45) is -6.44. The molecule has 18 N–H and O–H groups in total. The second kappa shape index (κ2) is 33.6. The molecule has 1 saturated heterocycles. The highest BCUT2D eigenvalue weighted by Gasteiger charge is 2.42. The molecule has 1 aliphatic heterocycles. The van der Waals surface area contributed by atoms with E-state index in [9.17, 15) is 63.3 Å². The van der Waals surface area contributed by atoms with E-state index < -0.39 is 162 Å². The van der Waals surface area contributed by atoms with E-state index in [-0.39, 0.29) is 56.3 Å². The first-order chi connectivity index (χ1) is 39.1. The lowest BCUT2D eigenvalue weighted by Crippen LogP contribution is -2.63. The third kappa shape index (κ3) is 22.2. The highest BCUT2D eigenvalue weighted by Crippen LogP contribution is 2.27. The molecule has 28 heteroatoms. The fourth-order valence-corrected chi connectivity index (χ4v) is 8.58. The lowest BCUT2D eigenvalue weighted by molar-refractivity contribution is -0.149. The van der Waals surface area contributed by atoms with E-state index in [2.05, 4.69) is 52.8 Å². The van der Waals surface area contributed by atoms with E-state index in [4.69, 9.17) is 21.9 Å². The molecule has 2 aromatic rings. The maximum atomic E-state index is 15.1. The van der Waals surface area contributed by atoms with Crippen LogP contribution in [0, 0.1) is 23.7 Å². The van der Waals surface area contributed by atoms with Crippen LogP contribution in [-0.2, 0) is 64.1 Å². The van der Waals surface area contributed by atoms with Gasteiger partial charge in [-0.05, 0) is 62.0 Å². The molecule has 1 heterocycles. The van der Waals surface area contributed by atoms with Gasteiger partial charge in [0.15, 0.2) is 12.1 Å². The number of nitrogens with two attached hydrogens (primary N) is 3. The topological polar surface area (TPSA) is 456 Å². The number of carbonyl (C=O) groups excluding carboxylic acids is 11. The molecule has 3 rings (SSSR count). The number of rotatable bonds is 18. The van der Waals surface area contributed by atoms with Gasteiger partial charge in [0.05, 0.1) is 37.1 Å². The molecule has 28 nitrogen and oxygen atoms in total. The number of guanidine groups is 1. The number of carbonyl (C=O) groups is 11. The third-order valence-electron chi connectivity index (χ3n) is 13.6. The van der Waals surface area contributed by atoms with Gasteiger partial charge in [-0.3, -0.25) is 57.7 Å². The van der Waals surface area contributed by atoms with Crippen LogP contribution in [0.2, 0.25) is 0 Å². The minimum Gasteiger partial charge on any atom is -0.461 e. The summed E-state index contributed by atoms with van der Waals surface area (Å²) in [5.41, 5.74) is 17.2. The Morgan fingerprint density at radius 2 is 1.19 bits per heavy atom. The molecule has 13 atom stereocenters. The minimum absolute atomic E-state index is 0.0136. The first-order valence-corrected chi connectivity index (χ1v) is 27.4. The van der Waals surface area contributed by atoms with Crippen molar-refractivity contribution in [1.29, 1.82) is 0 Å². The van der Waals surface area contributed by atoms with Crippen LogP contribution < -0.4 is 65.1 Å². The Labute approximate surface area is 481 Å². The Balaban J connectivity index is 2.31. The molecule has 10 amide bonds. The van der Waals surface area contributed by atoms with E-state index in [1.54, 1.807) is 90.1 Å². The summed E-state index contributed by atoms with van der Waals surface area (Å²) in [6.45, 7) is 10.9. The van der Waals surface area contributed by atoms with Crippen molar-refractivity contribution in [3.8, 4) is 0 Å². The second-order valence-corrected chi connectivity index (χ2v) is 21.2. The van der Waals surface area contributed by atoms with Crippen molar-refractivity contribution in [2.75, 3.05) is 13.1 Å². The number of aliphatic imine (C=N–C) groups is 1. The molecule has 0 spiro atoms. The Bertz CT molecular complexity index is 2590. The van der Waals surface area contributed by atoms with Crippen LogP contribution in [0.3, 0.4) is 0 Å². The fraction of sp³-hybridized carbons (Fsp3) is 0.564. The van der Waals surface area contributed by atoms with E-state index in [0.717, 1.165) is 13.8 Å². The van der Waals surface area contributed by atoms with Crippen LogP contribution in [0.25, 0.3) is 0 Å². The molecule has 0 bridgehead atoms. The van der Waals surface area contributed by atoms with Crippen LogP contribution in [0.4, 0.5) is 0 Å². The third-order valence-corrected chi connectivity index (χ3v) is 13.6. The molecule has 1 unspecified atom stereocenters. The average Bonchev–Trinajstić information content (AvgIpc) is 3.65. The van der Waals surface area contributed by atoms with Crippen molar-refractivity contribution in [2.24, 2.45) is 45.9 Å². The van der Waals surface area contributed by atoms with Gasteiger partial charge >= 0.3 is 5.97 Å². The average molecular weight is 1170 g/mol. The highest BCUT2D eigenvalue weighted by atomic mass is 16.5. The number of ether oxygens (including phenoxy) is 1. The normalized spacial score (nSPS) is 24.9. The van der Waals surface area contributed by atoms with Crippen LogP contribution in [0.1, 0.15) is 105 Å². The lowest BCUT2D eigenvalue weighted by atomic mass is 9.88. The Morgan fingerprint density at radius 1 is 0.639 bits per heavy atom. The number of primary amides is 1. The van der Waals surface area contributed by atoms with Gasteiger partial charge in [0, 0.05) is 6.54 Å². The predicted octanol–water partition coefficient (Wildman–Crippen LogP) is -3.47. The summed E-state index contributed by atoms with van der Waals surface area (Å²) in [5.74, 6) is -16.0. The SMILES string of the molecule is CC[C@H](C)[C@@H]1NC(=O)[C@@H](CCCN=C(N)N)NC(=O)[C@H](CC(C)C)NC(=O)[C@H]([C@H](O)C(C)C)NC(=O)[C@@H](CC(=O)OCc2ccccc2)[C@@H](c2ccccc2)NC(=O)[C@H](C)NC(=O)C([C@H](O)C(N)=O)NC(=O)CNC(=O)[C@H]([C@H](C)O)NC1=O. The van der Waals surface area contributed by atoms with Crippen molar-refractivity contribution in [3.05, 3.63) is 71.8 Å². The zero-order valence-corrected chi connectivity index (χ0v) is 48.0. The maximum absolute atomic E-state index is 15.1. The number of hydrogen-bond donors (Lipinski definition) is 15. The zero-order valence-electron chi connectivity index (χ0n) is 48.0. The van der Waals surface area contributed by atoms with E-state index in [1.165, 1.54) is 12.1 Å². The fourth-order valence-electron chi connectivity index (χ4n) is 8.58. The molecule has 0 aliphatic carbocycles. The quantitative estimate of drug-likeness (QED) is 0.0298. The summed E-state index contributed by atoms with van der Waals surface area (Å²) in [6, 6.07) is 2.81. The first kappa shape index (κ1) is 69.0. The van der Waals surface area contributed by atoms with Gasteiger partial charge in [-0.1, -0.05) is 109 Å². The Morgan fingerprint density at radius 3 is 1.76 bits per heavy atom. The van der Waals surface area contributed by atoms with Crippen LogP contribution in [0.15, 0.2) is 65.7 Å². The molecule has 0 aromatic heterocycles. The van der Waals surface area contributed by atoms with Crippen LogP contribution in [0.5, 0.6) is 0 Å². The van der Waals surface area contributed by atoms with Crippen molar-refractivity contribution in [2.45, 2.75) is 161 Å². The van der Waals surface area contributed by atoms with Crippen LogP contribution >= 0.6 is 0 Å². The number of benzene rings is 2. The number of aliphatic hydroxyl groups excluding tert-OH is 3. The number of nitrogens with zero attached hydrogens (tertiary/aromatic N) is 1. The lowest BCUT2D eigenvalue weighted by Gasteiger charge is -2.33. The predicted molar refractivity (Wildman–Crippen MR) is 300 cm³/mol. The summed E-state index contributed by atoms with van der Waals surface area (Å²) >= 11 is 0. The number of amides is 10. The molecular formula is C55H83N13O15. The molecule has 0 saturated carbocycles. The number of nitrogens with one attached hydrogen (secondary N) is 9. The number of aliphatic hydroxyl groups is 3. The van der Waals surface area contributed by atoms with Gasteiger partial charge in [0.2, 0.25) is 59.1 Å². The van der Waals surface area contributed by atoms with Gasteiger partial charge in [0.1, 0.15) is 48.9 Å². The molecule has 458 valence electrons. The van der Waals surface area contributed by atoms with Crippen LogP contribution in [-0.4, -0.2) is 160 Å². The summed E-state index contributed by atoms with van der Waals surface area (Å²) < 4.78 is 5.58. The molecule has 2 aromatic carbocycles. The largest absolute Gasteiger partial charge is 0.461 e.